The second-order valence-corrected chi connectivity index (χ2v) is 3.69. The second kappa shape index (κ2) is 3.44. The largest absolute Gasteiger partial charge is 0.594 e. The Morgan fingerprint density at radius 3 is 2.60 bits per heavy atom. The fourth-order valence-corrected chi connectivity index (χ4v) is 1.15. The van der Waals surface area contributed by atoms with E-state index in [4.69, 9.17) is 22.3 Å². The molecular formula is C5H3Cl2NOS. The number of hydrogen-bond acceptors (Lipinski definition) is 2. The van der Waals surface area contributed by atoms with Crippen LogP contribution >= 0.6 is 22.3 Å². The number of aromatic nitrogens is 1. The van der Waals surface area contributed by atoms with Crippen molar-refractivity contribution in [2.24, 2.45) is 0 Å². The third kappa shape index (κ3) is 2.02. The Labute approximate surface area is 70.9 Å². The summed E-state index contributed by atoms with van der Waals surface area (Å²) in [7, 11) is 3.76. The van der Waals surface area contributed by atoms with Gasteiger partial charge >= 0.3 is 0 Å². The van der Waals surface area contributed by atoms with Crippen LogP contribution in [-0.4, -0.2) is 9.54 Å². The molecule has 1 atom stereocenters. The minimum absolute atomic E-state index is 0.367. The second-order valence-electron chi connectivity index (χ2n) is 1.54. The van der Waals surface area contributed by atoms with Gasteiger partial charge in [-0.1, -0.05) is 11.6 Å². The van der Waals surface area contributed by atoms with Crippen molar-refractivity contribution in [3.63, 3.8) is 0 Å². The van der Waals surface area contributed by atoms with Crippen molar-refractivity contribution in [3.05, 3.63) is 23.5 Å². The Morgan fingerprint density at radius 2 is 2.20 bits per heavy atom. The number of nitrogens with zero attached hydrogens (tertiary/aromatic N) is 1. The lowest BCUT2D eigenvalue weighted by Crippen LogP contribution is -1.90. The molecule has 0 N–H and O–H groups in total. The van der Waals surface area contributed by atoms with Gasteiger partial charge in [-0.2, -0.15) is 0 Å². The van der Waals surface area contributed by atoms with E-state index in [0.717, 1.165) is 0 Å². The van der Waals surface area contributed by atoms with Crippen LogP contribution in [0.25, 0.3) is 0 Å². The Kier molecular flexibility index (Phi) is 2.80. The van der Waals surface area contributed by atoms with E-state index < -0.39 is 10.4 Å². The summed E-state index contributed by atoms with van der Waals surface area (Å²) in [5, 5.41) is 0.367. The zero-order valence-corrected chi connectivity index (χ0v) is 7.08. The fraction of sp³-hybridized carbons (Fsp3) is 0. The Bertz CT molecular complexity index is 213. The van der Waals surface area contributed by atoms with Crippen LogP contribution in [0.4, 0.5) is 0 Å². The highest BCUT2D eigenvalue weighted by Gasteiger charge is 2.06. The molecule has 0 spiro atoms. The molecule has 1 heterocycles. The predicted molar refractivity (Wildman–Crippen MR) is 41.5 cm³/mol. The van der Waals surface area contributed by atoms with Gasteiger partial charge in [0, 0.05) is 0 Å². The van der Waals surface area contributed by atoms with E-state index in [9.17, 15) is 4.55 Å². The molecule has 0 unspecified atom stereocenters. The maximum Gasteiger partial charge on any atom is 0.191 e. The van der Waals surface area contributed by atoms with Crippen molar-refractivity contribution < 1.29 is 4.55 Å². The lowest BCUT2D eigenvalue weighted by atomic mass is 10.5. The van der Waals surface area contributed by atoms with Crippen molar-refractivity contribution in [1.82, 2.24) is 4.98 Å². The molecule has 0 aliphatic carbocycles. The van der Waals surface area contributed by atoms with Gasteiger partial charge in [0.05, 0.1) is 6.20 Å². The molecule has 0 radical (unpaired) electrons. The van der Waals surface area contributed by atoms with Crippen LogP contribution < -0.4 is 0 Å². The average molecular weight is 196 g/mol. The van der Waals surface area contributed by atoms with Crippen LogP contribution in [0.1, 0.15) is 0 Å². The fourth-order valence-electron chi connectivity index (χ4n) is 0.457. The summed E-state index contributed by atoms with van der Waals surface area (Å²) in [6.45, 7) is 0. The normalized spacial score (nSPS) is 13.1. The zero-order valence-electron chi connectivity index (χ0n) is 4.75. The van der Waals surface area contributed by atoms with E-state index in [-0.39, 0.29) is 0 Å². The maximum absolute atomic E-state index is 10.6. The Hall–Kier alpha value is 0.0400. The van der Waals surface area contributed by atoms with Gasteiger partial charge in [-0.05, 0) is 12.1 Å². The molecule has 1 rings (SSSR count). The topological polar surface area (TPSA) is 36.0 Å². The standard InChI is InChI=1S/C5H3Cl2NOS/c6-5-2-1-4(3-8-5)10(7)9/h1-3H/t10-/m1/s1. The molecule has 0 saturated carbocycles. The van der Waals surface area contributed by atoms with Crippen LogP contribution in [0.15, 0.2) is 23.2 Å². The minimum atomic E-state index is -1.49. The van der Waals surface area contributed by atoms with Crippen LogP contribution in [-0.2, 0) is 10.4 Å². The third-order valence-corrected chi connectivity index (χ3v) is 2.26. The van der Waals surface area contributed by atoms with E-state index in [1.807, 2.05) is 0 Å². The van der Waals surface area contributed by atoms with Gasteiger partial charge in [0.25, 0.3) is 0 Å². The number of halogens is 2. The van der Waals surface area contributed by atoms with Gasteiger partial charge in [0.1, 0.15) is 15.5 Å². The molecule has 0 aliphatic heterocycles. The summed E-state index contributed by atoms with van der Waals surface area (Å²) < 4.78 is 10.6. The predicted octanol–water partition coefficient (Wildman–Crippen LogP) is 2.00. The summed E-state index contributed by atoms with van der Waals surface area (Å²) in [5.74, 6) is 0. The smallest absolute Gasteiger partial charge is 0.191 e. The molecule has 54 valence electrons. The first-order valence-corrected chi connectivity index (χ1v) is 4.75. The molecule has 0 aromatic carbocycles. The molecule has 10 heavy (non-hydrogen) atoms. The molecule has 0 saturated heterocycles. The van der Waals surface area contributed by atoms with Crippen molar-refractivity contribution in [2.45, 2.75) is 4.90 Å². The zero-order chi connectivity index (χ0) is 7.56. The van der Waals surface area contributed by atoms with Crippen molar-refractivity contribution in [3.8, 4) is 0 Å². The average Bonchev–Trinajstić information content (AvgIpc) is 1.88. The van der Waals surface area contributed by atoms with E-state index in [1.54, 1.807) is 6.07 Å². The first-order valence-electron chi connectivity index (χ1n) is 2.40. The first kappa shape index (κ1) is 8.14. The summed E-state index contributed by atoms with van der Waals surface area (Å²) in [6.07, 6.45) is 1.38. The van der Waals surface area contributed by atoms with Gasteiger partial charge in [-0.15, -0.1) is 0 Å². The molecule has 5 heteroatoms. The molecule has 0 aliphatic rings. The maximum atomic E-state index is 10.6. The molecule has 0 fully saturated rings. The highest BCUT2D eigenvalue weighted by atomic mass is 35.7. The van der Waals surface area contributed by atoms with E-state index in [0.29, 0.717) is 10.0 Å². The number of pyridine rings is 1. The SMILES string of the molecule is [O-][S@@+](Cl)c1ccc(Cl)nc1. The first-order chi connectivity index (χ1) is 4.70. The summed E-state index contributed by atoms with van der Waals surface area (Å²) >= 11 is 5.46. The molecule has 1 aromatic rings. The minimum Gasteiger partial charge on any atom is -0.594 e. The van der Waals surface area contributed by atoms with Crippen LogP contribution in [0, 0.1) is 0 Å². The number of hydrogen-bond donors (Lipinski definition) is 0. The van der Waals surface area contributed by atoms with Gasteiger partial charge in [0.15, 0.2) is 15.6 Å². The van der Waals surface area contributed by atoms with Crippen LogP contribution in [0.5, 0.6) is 0 Å². The molecular weight excluding hydrogens is 193 g/mol. The van der Waals surface area contributed by atoms with E-state index in [1.165, 1.54) is 12.3 Å². The highest BCUT2D eigenvalue weighted by Crippen LogP contribution is 2.14. The lowest BCUT2D eigenvalue weighted by molar-refractivity contribution is 0.608. The van der Waals surface area contributed by atoms with Crippen LogP contribution in [0.3, 0.4) is 0 Å². The number of rotatable bonds is 1. The summed E-state index contributed by atoms with van der Waals surface area (Å²) in [4.78, 5) is 4.15. The quantitative estimate of drug-likeness (QED) is 0.508. The van der Waals surface area contributed by atoms with Crippen molar-refractivity contribution >= 4 is 32.7 Å². The third-order valence-electron chi connectivity index (χ3n) is 0.886. The van der Waals surface area contributed by atoms with Crippen molar-refractivity contribution in [1.29, 1.82) is 0 Å². The molecule has 0 bridgehead atoms. The molecule has 2 nitrogen and oxygen atoms in total. The van der Waals surface area contributed by atoms with E-state index >= 15 is 0 Å². The Balaban J connectivity index is 2.89. The van der Waals surface area contributed by atoms with Gasteiger partial charge in [-0.3, -0.25) is 0 Å². The van der Waals surface area contributed by atoms with Crippen LogP contribution in [0.2, 0.25) is 5.15 Å². The summed E-state index contributed by atoms with van der Waals surface area (Å²) in [5.41, 5.74) is 0. The molecule has 0 amide bonds. The summed E-state index contributed by atoms with van der Waals surface area (Å²) in [6, 6.07) is 3.11. The van der Waals surface area contributed by atoms with Gasteiger partial charge in [-0.25, -0.2) is 4.98 Å². The molecule has 1 aromatic heterocycles. The Morgan fingerprint density at radius 1 is 1.50 bits per heavy atom. The lowest BCUT2D eigenvalue weighted by Gasteiger charge is -1.96. The van der Waals surface area contributed by atoms with Gasteiger partial charge < -0.3 is 4.55 Å². The monoisotopic (exact) mass is 195 g/mol. The van der Waals surface area contributed by atoms with Gasteiger partial charge in [0.2, 0.25) is 0 Å². The van der Waals surface area contributed by atoms with E-state index in [2.05, 4.69) is 4.98 Å². The van der Waals surface area contributed by atoms with Crippen molar-refractivity contribution in [2.75, 3.05) is 0 Å². The highest BCUT2D eigenvalue weighted by molar-refractivity contribution is 8.13.